The lowest BCUT2D eigenvalue weighted by Gasteiger charge is -2.57. The summed E-state index contributed by atoms with van der Waals surface area (Å²) in [6.07, 6.45) is 15.2. The number of anilines is 6. The lowest BCUT2D eigenvalue weighted by Crippen LogP contribution is -2.61. The molecule has 6 aromatic carbocycles. The highest BCUT2D eigenvalue weighted by Crippen LogP contribution is 2.63. The summed E-state index contributed by atoms with van der Waals surface area (Å²) >= 11 is 0. The first-order valence-electron chi connectivity index (χ1n) is 31.6. The summed E-state index contributed by atoms with van der Waals surface area (Å²) in [6.45, 7) is 37.0. The Labute approximate surface area is 480 Å². The van der Waals surface area contributed by atoms with Gasteiger partial charge in [0.2, 0.25) is 0 Å². The normalized spacial score (nSPS) is 26.3. The van der Waals surface area contributed by atoms with Crippen LogP contribution in [0.3, 0.4) is 0 Å². The lowest BCUT2D eigenvalue weighted by molar-refractivity contribution is -0.00514. The van der Waals surface area contributed by atoms with Crippen molar-refractivity contribution < 1.29 is 4.42 Å². The smallest absolute Gasteiger partial charge is 0.297 e. The van der Waals surface area contributed by atoms with Crippen LogP contribution in [0.25, 0.3) is 22.1 Å². The number of fused-ring (bicyclic) bond motifs is 9. The minimum atomic E-state index is -0.124. The highest BCUT2D eigenvalue weighted by molar-refractivity contribution is 7.00. The van der Waals surface area contributed by atoms with Gasteiger partial charge in [-0.25, -0.2) is 0 Å². The Morgan fingerprint density at radius 2 is 0.988 bits per heavy atom. The second-order valence-corrected chi connectivity index (χ2v) is 32.8. The first kappa shape index (κ1) is 51.4. The van der Waals surface area contributed by atoms with E-state index >= 15 is 0 Å². The monoisotopic (exact) mass is 1060 g/mol. The van der Waals surface area contributed by atoms with Crippen molar-refractivity contribution in [3.05, 3.63) is 148 Å². The molecule has 7 aromatic rings. The zero-order chi connectivity index (χ0) is 55.8. The maximum Gasteiger partial charge on any atom is 0.297 e. The van der Waals surface area contributed by atoms with E-state index in [-0.39, 0.29) is 50.0 Å². The van der Waals surface area contributed by atoms with Crippen LogP contribution in [-0.2, 0) is 43.3 Å². The van der Waals surface area contributed by atoms with E-state index in [9.17, 15) is 0 Å². The summed E-state index contributed by atoms with van der Waals surface area (Å²) in [5, 5.41) is 1.27. The third-order valence-corrected chi connectivity index (χ3v) is 23.5. The summed E-state index contributed by atoms with van der Waals surface area (Å²) in [7, 11) is 0. The van der Waals surface area contributed by atoms with E-state index in [1.807, 2.05) is 0 Å². The summed E-state index contributed by atoms with van der Waals surface area (Å²) in [5.41, 5.74) is 27.5. The lowest BCUT2D eigenvalue weighted by atomic mass is 9.35. The van der Waals surface area contributed by atoms with Crippen molar-refractivity contribution in [3.63, 3.8) is 0 Å². The molecular weight excluding hydrogens is 968 g/mol. The topological polar surface area (TPSA) is 19.6 Å². The van der Waals surface area contributed by atoms with E-state index in [2.05, 4.69) is 217 Å². The van der Waals surface area contributed by atoms with Crippen molar-refractivity contribution in [1.29, 1.82) is 0 Å². The van der Waals surface area contributed by atoms with Gasteiger partial charge in [0.1, 0.15) is 5.58 Å². The van der Waals surface area contributed by atoms with E-state index in [0.717, 1.165) is 41.8 Å². The third kappa shape index (κ3) is 7.36. The molecule has 80 heavy (non-hydrogen) atoms. The second kappa shape index (κ2) is 16.4. The van der Waals surface area contributed by atoms with Crippen molar-refractivity contribution in [2.45, 2.75) is 224 Å². The Morgan fingerprint density at radius 3 is 1.56 bits per heavy atom. The largest absolute Gasteiger partial charge is 0.468 e. The molecule has 1 aromatic heterocycles. The van der Waals surface area contributed by atoms with Crippen molar-refractivity contribution >= 4 is 68.4 Å². The molecule has 0 atom stereocenters. The minimum Gasteiger partial charge on any atom is -0.468 e. The SMILES string of the molecule is CC(C)(C)c1ccc(N2c3cc4c(cc3B3c5oc6cc7c(cc6c5N(c5ccc6c(c5)C(C)(C)CCC6(C)C)c5cc(C68CC9CC(CC(C9)C6)C8)cc2c53)C(C)(C)CCC7(C)C)C(C)(C)CCC4(C)C)c(-c2ccccc2)c1. The predicted octanol–water partition coefficient (Wildman–Crippen LogP) is 19.0. The average Bonchev–Trinajstić information content (AvgIpc) is 3.30. The summed E-state index contributed by atoms with van der Waals surface area (Å²) in [5.74, 6) is 2.45. The van der Waals surface area contributed by atoms with Gasteiger partial charge >= 0.3 is 0 Å². The van der Waals surface area contributed by atoms with Crippen LogP contribution in [0.2, 0.25) is 0 Å². The molecule has 7 aliphatic carbocycles. The van der Waals surface area contributed by atoms with E-state index in [1.165, 1.54) is 165 Å². The molecule has 4 saturated carbocycles. The molecule has 412 valence electrons. The molecule has 4 heteroatoms. The van der Waals surface area contributed by atoms with Crippen LogP contribution in [0.15, 0.2) is 108 Å². The van der Waals surface area contributed by atoms with Gasteiger partial charge in [0.05, 0.1) is 17.0 Å². The van der Waals surface area contributed by atoms with Gasteiger partial charge < -0.3 is 14.2 Å². The Morgan fingerprint density at radius 1 is 0.475 bits per heavy atom. The Hall–Kier alpha value is -5.48. The van der Waals surface area contributed by atoms with E-state index in [4.69, 9.17) is 4.42 Å². The molecule has 2 aliphatic heterocycles. The highest BCUT2D eigenvalue weighted by Gasteiger charge is 2.55. The van der Waals surface area contributed by atoms with Gasteiger partial charge in [0, 0.05) is 33.7 Å². The molecule has 16 rings (SSSR count). The molecule has 0 amide bonds. The highest BCUT2D eigenvalue weighted by atomic mass is 16.3. The Balaban J connectivity index is 1.11. The van der Waals surface area contributed by atoms with E-state index < -0.39 is 0 Å². The summed E-state index contributed by atoms with van der Waals surface area (Å²) in [6, 6.07) is 42.8. The summed E-state index contributed by atoms with van der Waals surface area (Å²) in [4.78, 5) is 5.61. The molecule has 0 radical (unpaired) electrons. The van der Waals surface area contributed by atoms with Gasteiger partial charge in [-0.2, -0.15) is 0 Å². The quantitative estimate of drug-likeness (QED) is 0.164. The van der Waals surface area contributed by atoms with Crippen LogP contribution in [0.1, 0.15) is 225 Å². The van der Waals surface area contributed by atoms with Crippen LogP contribution < -0.4 is 26.4 Å². The molecule has 3 heterocycles. The van der Waals surface area contributed by atoms with Crippen molar-refractivity contribution in [2.75, 3.05) is 9.80 Å². The van der Waals surface area contributed by atoms with Crippen LogP contribution >= 0.6 is 0 Å². The Bertz CT molecular complexity index is 3740. The fourth-order valence-electron chi connectivity index (χ4n) is 18.7. The molecule has 9 aliphatic rings. The minimum absolute atomic E-state index is 0.0110. The maximum absolute atomic E-state index is 7.96. The number of nitrogens with zero attached hydrogens (tertiary/aromatic N) is 2. The number of rotatable bonds is 4. The molecule has 0 saturated heterocycles. The van der Waals surface area contributed by atoms with Gasteiger partial charge in [0.15, 0.2) is 0 Å². The van der Waals surface area contributed by atoms with Crippen LogP contribution in [0.5, 0.6) is 0 Å². The molecule has 0 N–H and O–H groups in total. The van der Waals surface area contributed by atoms with Crippen molar-refractivity contribution in [3.8, 4) is 11.1 Å². The molecule has 0 spiro atoms. The zero-order valence-corrected chi connectivity index (χ0v) is 51.4. The van der Waals surface area contributed by atoms with Crippen molar-refractivity contribution in [1.82, 2.24) is 0 Å². The molecule has 4 fully saturated rings. The van der Waals surface area contributed by atoms with Gasteiger partial charge in [-0.3, -0.25) is 0 Å². The fraction of sp³-hybridized carbons (Fsp3) is 0.500. The van der Waals surface area contributed by atoms with Crippen molar-refractivity contribution in [2.24, 2.45) is 17.8 Å². The first-order chi connectivity index (χ1) is 37.6. The summed E-state index contributed by atoms with van der Waals surface area (Å²) < 4.78 is 7.96. The molecule has 0 unspecified atom stereocenters. The number of benzene rings is 6. The van der Waals surface area contributed by atoms with Gasteiger partial charge in [-0.1, -0.05) is 152 Å². The fourth-order valence-corrected chi connectivity index (χ4v) is 18.7. The van der Waals surface area contributed by atoms with E-state index in [0.29, 0.717) is 0 Å². The van der Waals surface area contributed by atoms with Crippen LogP contribution in [0, 0.1) is 17.8 Å². The van der Waals surface area contributed by atoms with Gasteiger partial charge in [0.25, 0.3) is 6.71 Å². The van der Waals surface area contributed by atoms with Gasteiger partial charge in [-0.15, -0.1) is 0 Å². The molecule has 3 nitrogen and oxygen atoms in total. The number of hydrogen-bond acceptors (Lipinski definition) is 3. The Kier molecular flexibility index (Phi) is 10.5. The van der Waals surface area contributed by atoms with Crippen LogP contribution in [-0.4, -0.2) is 6.71 Å². The first-order valence-corrected chi connectivity index (χ1v) is 31.6. The third-order valence-electron chi connectivity index (χ3n) is 23.5. The molecular formula is C76H89BN2O. The van der Waals surface area contributed by atoms with E-state index in [1.54, 1.807) is 5.56 Å². The number of furan rings is 1. The zero-order valence-electron chi connectivity index (χ0n) is 51.4. The second-order valence-electron chi connectivity index (χ2n) is 32.8. The average molecular weight is 1060 g/mol. The van der Waals surface area contributed by atoms with Gasteiger partial charge in [-0.05, 0) is 254 Å². The van der Waals surface area contributed by atoms with Crippen LogP contribution in [0.4, 0.5) is 34.1 Å². The maximum atomic E-state index is 7.96. The predicted molar refractivity (Wildman–Crippen MR) is 340 cm³/mol. The molecule has 4 bridgehead atoms. The standard InChI is InChI=1S/C76H89BN2O/c1-69(2,3)49-21-24-61(52(34-49)48-19-17-16-18-20-48)79-62-40-58-57(73(10,11)28-29-74(58,12)13)39-60(62)77-66-63(35-50(36-64(66)79)76-42-45-31-46(43-76)33-47(32-45)44-76)78(51-22-23-54-55(37-51)71(6,7)26-25-70(54,4)5)67-53-38-56-59(41-65(53)80-68(67)77)75(14,15)30-27-72(56,8)9/h16-24,34-41,45-47H,25-33,42-44H2,1-15H3. The number of hydrogen-bond donors (Lipinski definition) is 0.